The van der Waals surface area contributed by atoms with Crippen LogP contribution in [-0.4, -0.2) is 5.78 Å². The summed E-state index contributed by atoms with van der Waals surface area (Å²) in [5.74, 6) is 1.62. The Morgan fingerprint density at radius 1 is 1.25 bits per heavy atom. The van der Waals surface area contributed by atoms with Crippen molar-refractivity contribution in [3.8, 4) is 0 Å². The van der Waals surface area contributed by atoms with Crippen LogP contribution in [0.15, 0.2) is 30.3 Å². The minimum atomic E-state index is 0.198. The number of allylic oxidation sites excluding steroid dienone is 1. The Kier molecular flexibility index (Phi) is 2.20. The Morgan fingerprint density at radius 3 is 2.94 bits per heavy atom. The van der Waals surface area contributed by atoms with Crippen LogP contribution in [0, 0.1) is 11.8 Å². The molecule has 0 heterocycles. The Hall–Kier alpha value is -1.37. The Labute approximate surface area is 96.2 Å². The van der Waals surface area contributed by atoms with E-state index < -0.39 is 0 Å². The zero-order valence-electron chi connectivity index (χ0n) is 9.52. The zero-order chi connectivity index (χ0) is 11.1. The third-order valence-electron chi connectivity index (χ3n) is 4.15. The van der Waals surface area contributed by atoms with Gasteiger partial charge in [-0.1, -0.05) is 43.3 Å². The summed E-state index contributed by atoms with van der Waals surface area (Å²) in [6, 6.07) is 8.58. The molecule has 1 heteroatoms. The quantitative estimate of drug-likeness (QED) is 0.644. The van der Waals surface area contributed by atoms with Crippen LogP contribution >= 0.6 is 0 Å². The number of fused-ring (bicyclic) bond motifs is 3. The average Bonchev–Trinajstić information content (AvgIpc) is 2.33. The number of rotatable bonds is 0. The minimum Gasteiger partial charge on any atom is -0.299 e. The summed E-state index contributed by atoms with van der Waals surface area (Å²) in [4.78, 5) is 11.7. The van der Waals surface area contributed by atoms with Crippen molar-refractivity contribution in [2.45, 2.75) is 25.7 Å². The summed E-state index contributed by atoms with van der Waals surface area (Å²) in [6.45, 7) is 2.08. The molecule has 1 nitrogen and oxygen atoms in total. The molecule has 1 saturated carbocycles. The van der Waals surface area contributed by atoms with Crippen LogP contribution < -0.4 is 0 Å². The summed E-state index contributed by atoms with van der Waals surface area (Å²) in [5, 5.41) is 0. The molecule has 0 bridgehead atoms. The van der Waals surface area contributed by atoms with Crippen molar-refractivity contribution < 1.29 is 4.79 Å². The largest absolute Gasteiger partial charge is 0.299 e. The summed E-state index contributed by atoms with van der Waals surface area (Å²) in [6.07, 6.45) is 6.21. The molecule has 0 aliphatic heterocycles. The number of benzene rings is 1. The van der Waals surface area contributed by atoms with Gasteiger partial charge in [0, 0.05) is 12.3 Å². The third-order valence-corrected chi connectivity index (χ3v) is 4.15. The summed E-state index contributed by atoms with van der Waals surface area (Å²) >= 11 is 0. The molecule has 0 spiro atoms. The summed E-state index contributed by atoms with van der Waals surface area (Å²) in [7, 11) is 0. The molecule has 3 atom stereocenters. The molecular formula is C15H16O. The normalized spacial score (nSPS) is 32.1. The van der Waals surface area contributed by atoms with Gasteiger partial charge in [-0.25, -0.2) is 0 Å². The first kappa shape index (κ1) is 9.83. The first-order valence-corrected chi connectivity index (χ1v) is 6.07. The lowest BCUT2D eigenvalue weighted by molar-refractivity contribution is -0.125. The molecule has 1 aromatic rings. The van der Waals surface area contributed by atoms with Crippen molar-refractivity contribution in [3.63, 3.8) is 0 Å². The van der Waals surface area contributed by atoms with E-state index >= 15 is 0 Å². The summed E-state index contributed by atoms with van der Waals surface area (Å²) < 4.78 is 0. The fourth-order valence-corrected chi connectivity index (χ4v) is 3.16. The molecule has 1 aromatic carbocycles. The number of ketones is 1. The van der Waals surface area contributed by atoms with Crippen LogP contribution in [0.1, 0.15) is 36.8 Å². The lowest BCUT2D eigenvalue weighted by atomic mass is 9.66. The molecule has 1 fully saturated rings. The van der Waals surface area contributed by atoms with Crippen LogP contribution in [0.25, 0.3) is 6.08 Å². The predicted octanol–water partition coefficient (Wildman–Crippen LogP) is 3.41. The van der Waals surface area contributed by atoms with Crippen molar-refractivity contribution in [3.05, 3.63) is 41.5 Å². The molecule has 16 heavy (non-hydrogen) atoms. The van der Waals surface area contributed by atoms with Crippen molar-refractivity contribution in [1.82, 2.24) is 0 Å². The molecule has 2 aliphatic carbocycles. The number of carbonyl (C=O) groups excluding carboxylic acids is 1. The fraction of sp³-hybridized carbons (Fsp3) is 0.400. The SMILES string of the molecule is CC1C(=O)CC[C@H]2c3ccccc3C=C[C@@H]12. The Balaban J connectivity index is 2.04. The fourth-order valence-electron chi connectivity index (χ4n) is 3.16. The molecule has 0 radical (unpaired) electrons. The maximum absolute atomic E-state index is 11.7. The number of hydrogen-bond donors (Lipinski definition) is 0. The summed E-state index contributed by atoms with van der Waals surface area (Å²) in [5.41, 5.74) is 2.78. The first-order valence-electron chi connectivity index (χ1n) is 6.07. The van der Waals surface area contributed by atoms with Crippen molar-refractivity contribution in [2.24, 2.45) is 11.8 Å². The predicted molar refractivity (Wildman–Crippen MR) is 65.1 cm³/mol. The molecule has 1 unspecified atom stereocenters. The third kappa shape index (κ3) is 1.35. The van der Waals surface area contributed by atoms with Gasteiger partial charge in [0.25, 0.3) is 0 Å². The topological polar surface area (TPSA) is 17.1 Å². The van der Waals surface area contributed by atoms with Crippen LogP contribution in [0.2, 0.25) is 0 Å². The van der Waals surface area contributed by atoms with E-state index in [-0.39, 0.29) is 5.92 Å². The van der Waals surface area contributed by atoms with Crippen LogP contribution in [0.3, 0.4) is 0 Å². The smallest absolute Gasteiger partial charge is 0.136 e. The van der Waals surface area contributed by atoms with E-state index in [4.69, 9.17) is 0 Å². The van der Waals surface area contributed by atoms with E-state index in [1.54, 1.807) is 0 Å². The second-order valence-corrected chi connectivity index (χ2v) is 4.97. The monoisotopic (exact) mass is 212 g/mol. The van der Waals surface area contributed by atoms with E-state index in [9.17, 15) is 4.79 Å². The maximum atomic E-state index is 11.7. The van der Waals surface area contributed by atoms with Gasteiger partial charge >= 0.3 is 0 Å². The average molecular weight is 212 g/mol. The first-order chi connectivity index (χ1) is 7.77. The number of carbonyl (C=O) groups is 1. The van der Waals surface area contributed by atoms with Gasteiger partial charge in [0.2, 0.25) is 0 Å². The highest BCUT2D eigenvalue weighted by Crippen LogP contribution is 2.44. The second kappa shape index (κ2) is 3.58. The second-order valence-electron chi connectivity index (χ2n) is 4.97. The highest BCUT2D eigenvalue weighted by atomic mass is 16.1. The molecule has 2 aliphatic rings. The van der Waals surface area contributed by atoms with Gasteiger partial charge in [-0.3, -0.25) is 4.79 Å². The number of Topliss-reactive ketones (excluding diaryl/α,β-unsaturated/α-hetero) is 1. The van der Waals surface area contributed by atoms with Crippen LogP contribution in [0.5, 0.6) is 0 Å². The molecular weight excluding hydrogens is 196 g/mol. The van der Waals surface area contributed by atoms with E-state index in [1.165, 1.54) is 11.1 Å². The van der Waals surface area contributed by atoms with Gasteiger partial charge in [-0.05, 0) is 29.4 Å². The molecule has 82 valence electrons. The lowest BCUT2D eigenvalue weighted by Crippen LogP contribution is -2.32. The maximum Gasteiger partial charge on any atom is 0.136 e. The highest BCUT2D eigenvalue weighted by Gasteiger charge is 2.37. The molecule has 0 N–H and O–H groups in total. The van der Waals surface area contributed by atoms with Gasteiger partial charge in [-0.15, -0.1) is 0 Å². The van der Waals surface area contributed by atoms with Crippen molar-refractivity contribution in [2.75, 3.05) is 0 Å². The number of hydrogen-bond acceptors (Lipinski definition) is 1. The van der Waals surface area contributed by atoms with Gasteiger partial charge in [0.15, 0.2) is 0 Å². The van der Waals surface area contributed by atoms with E-state index in [0.717, 1.165) is 12.8 Å². The van der Waals surface area contributed by atoms with E-state index in [1.807, 2.05) is 0 Å². The molecule has 0 saturated heterocycles. The van der Waals surface area contributed by atoms with Gasteiger partial charge < -0.3 is 0 Å². The van der Waals surface area contributed by atoms with E-state index in [2.05, 4.69) is 43.3 Å². The zero-order valence-corrected chi connectivity index (χ0v) is 9.52. The molecule has 3 rings (SSSR count). The molecule has 0 amide bonds. The van der Waals surface area contributed by atoms with Crippen LogP contribution in [0.4, 0.5) is 0 Å². The lowest BCUT2D eigenvalue weighted by Gasteiger charge is -2.37. The Bertz CT molecular complexity index is 458. The highest BCUT2D eigenvalue weighted by molar-refractivity contribution is 5.83. The van der Waals surface area contributed by atoms with E-state index in [0.29, 0.717) is 17.6 Å². The van der Waals surface area contributed by atoms with Gasteiger partial charge in [-0.2, -0.15) is 0 Å². The van der Waals surface area contributed by atoms with Gasteiger partial charge in [0.05, 0.1) is 0 Å². The Morgan fingerprint density at radius 2 is 2.06 bits per heavy atom. The van der Waals surface area contributed by atoms with Crippen LogP contribution in [-0.2, 0) is 4.79 Å². The van der Waals surface area contributed by atoms with Crippen molar-refractivity contribution >= 4 is 11.9 Å². The van der Waals surface area contributed by atoms with Crippen molar-refractivity contribution in [1.29, 1.82) is 0 Å². The minimum absolute atomic E-state index is 0.198. The standard InChI is InChI=1S/C15H16O/c1-10-12-7-6-11-4-2-3-5-13(11)14(12)8-9-15(10)16/h2-7,10,12,14H,8-9H2,1H3/t10?,12-,14+/m0/s1. The molecule has 0 aromatic heterocycles. The van der Waals surface area contributed by atoms with Gasteiger partial charge in [0.1, 0.15) is 5.78 Å².